The number of ether oxygens (including phenoxy) is 1. The van der Waals surface area contributed by atoms with E-state index >= 15 is 0 Å². The van der Waals surface area contributed by atoms with Crippen LogP contribution in [0.1, 0.15) is 17.3 Å². The van der Waals surface area contributed by atoms with Crippen molar-refractivity contribution in [1.29, 1.82) is 0 Å². The van der Waals surface area contributed by atoms with E-state index in [0.717, 1.165) is 0 Å². The molecule has 0 fully saturated rings. The largest absolute Gasteiger partial charge is 0.461 e. The van der Waals surface area contributed by atoms with Gasteiger partial charge in [-0.15, -0.1) is 0 Å². The quantitative estimate of drug-likeness (QED) is 0.148. The molecule has 8 nitrogen and oxygen atoms in total. The summed E-state index contributed by atoms with van der Waals surface area (Å²) in [5.74, 6) is -10.2. The van der Waals surface area contributed by atoms with Gasteiger partial charge in [-0.3, -0.25) is 0 Å². The number of azide groups is 1. The number of carbonyl (C=O) groups is 1. The molecule has 0 aliphatic carbocycles. The first-order valence-corrected chi connectivity index (χ1v) is 7.76. The zero-order valence-electron chi connectivity index (χ0n) is 12.5. The van der Waals surface area contributed by atoms with Gasteiger partial charge in [0.05, 0.1) is 0 Å². The second kappa shape index (κ2) is 7.96. The SMILES string of the molecule is C=C(C)S(=O)(=O)NCCOC(=O)c1c(F)c(F)c(N=[N+]=[N-])c(F)c1F. The first-order chi connectivity index (χ1) is 11.5. The molecule has 0 heterocycles. The van der Waals surface area contributed by atoms with Gasteiger partial charge in [0.1, 0.15) is 17.9 Å². The number of hydrogen-bond acceptors (Lipinski definition) is 5. The Morgan fingerprint density at radius 2 is 1.76 bits per heavy atom. The van der Waals surface area contributed by atoms with Crippen molar-refractivity contribution in [2.75, 3.05) is 13.2 Å². The Bertz CT molecular complexity index is 853. The van der Waals surface area contributed by atoms with Crippen LogP contribution < -0.4 is 4.72 Å². The molecule has 1 N–H and O–H groups in total. The van der Waals surface area contributed by atoms with E-state index < -0.39 is 63.7 Å². The lowest BCUT2D eigenvalue weighted by Gasteiger charge is -2.10. The zero-order chi connectivity index (χ0) is 19.4. The highest BCUT2D eigenvalue weighted by molar-refractivity contribution is 7.93. The summed E-state index contributed by atoms with van der Waals surface area (Å²) in [6, 6.07) is 0. The summed E-state index contributed by atoms with van der Waals surface area (Å²) in [7, 11) is -3.85. The van der Waals surface area contributed by atoms with E-state index in [4.69, 9.17) is 5.53 Å². The number of benzene rings is 1. The van der Waals surface area contributed by atoms with E-state index in [0.29, 0.717) is 0 Å². The highest BCUT2D eigenvalue weighted by Gasteiger charge is 2.30. The fourth-order valence-corrected chi connectivity index (χ4v) is 2.05. The number of allylic oxidation sites excluding steroid dienone is 1. The Hall–Kier alpha value is -2.63. The first kappa shape index (κ1) is 20.4. The van der Waals surface area contributed by atoms with Crippen molar-refractivity contribution in [1.82, 2.24) is 4.72 Å². The third kappa shape index (κ3) is 4.47. The molecule has 0 spiro atoms. The molecule has 1 rings (SSSR count). The van der Waals surface area contributed by atoms with E-state index in [2.05, 4.69) is 16.4 Å². The van der Waals surface area contributed by atoms with Crippen LogP contribution in [0.5, 0.6) is 0 Å². The maximum Gasteiger partial charge on any atom is 0.344 e. The van der Waals surface area contributed by atoms with Crippen molar-refractivity contribution in [3.05, 3.63) is 50.8 Å². The Labute approximate surface area is 138 Å². The average Bonchev–Trinajstić information content (AvgIpc) is 2.54. The van der Waals surface area contributed by atoms with Gasteiger partial charge in [0.2, 0.25) is 10.0 Å². The summed E-state index contributed by atoms with van der Waals surface area (Å²) in [6.45, 7) is 3.20. The average molecular weight is 382 g/mol. The van der Waals surface area contributed by atoms with Crippen molar-refractivity contribution in [2.45, 2.75) is 6.92 Å². The maximum atomic E-state index is 13.7. The van der Waals surface area contributed by atoms with Gasteiger partial charge in [0.15, 0.2) is 23.3 Å². The number of esters is 1. The molecular weight excluding hydrogens is 372 g/mol. The van der Waals surface area contributed by atoms with Crippen LogP contribution >= 0.6 is 0 Å². The lowest BCUT2D eigenvalue weighted by Crippen LogP contribution is -2.28. The monoisotopic (exact) mass is 382 g/mol. The molecule has 0 aliphatic rings. The molecule has 0 amide bonds. The van der Waals surface area contributed by atoms with Gasteiger partial charge in [-0.25, -0.2) is 35.5 Å². The highest BCUT2D eigenvalue weighted by atomic mass is 32.2. The molecule has 0 unspecified atom stereocenters. The van der Waals surface area contributed by atoms with Gasteiger partial charge in [-0.05, 0) is 12.5 Å². The van der Waals surface area contributed by atoms with Gasteiger partial charge in [0.25, 0.3) is 0 Å². The highest BCUT2D eigenvalue weighted by Crippen LogP contribution is 2.30. The van der Waals surface area contributed by atoms with Crippen molar-refractivity contribution in [3.63, 3.8) is 0 Å². The number of sulfonamides is 1. The molecule has 13 heteroatoms. The minimum Gasteiger partial charge on any atom is -0.461 e. The number of halogens is 4. The molecule has 0 atom stereocenters. The van der Waals surface area contributed by atoms with Gasteiger partial charge in [0, 0.05) is 16.4 Å². The smallest absolute Gasteiger partial charge is 0.344 e. The van der Waals surface area contributed by atoms with Crippen LogP contribution in [-0.4, -0.2) is 27.5 Å². The summed E-state index contributed by atoms with van der Waals surface area (Å²) in [4.78, 5) is 13.4. The van der Waals surface area contributed by atoms with Crippen LogP contribution in [0.4, 0.5) is 23.2 Å². The topological polar surface area (TPSA) is 121 Å². The Kier molecular flexibility index (Phi) is 6.50. The summed E-state index contributed by atoms with van der Waals surface area (Å²) in [5.41, 5.74) is 4.84. The van der Waals surface area contributed by atoms with Crippen molar-refractivity contribution in [2.24, 2.45) is 5.11 Å². The van der Waals surface area contributed by atoms with Crippen molar-refractivity contribution >= 4 is 21.7 Å². The molecule has 0 aliphatic heterocycles. The third-order valence-electron chi connectivity index (χ3n) is 2.68. The summed E-state index contributed by atoms with van der Waals surface area (Å²) >= 11 is 0. The Morgan fingerprint density at radius 3 is 2.20 bits per heavy atom. The normalized spacial score (nSPS) is 10.9. The number of hydrogen-bond donors (Lipinski definition) is 1. The second-order valence-corrected chi connectivity index (χ2v) is 6.40. The number of rotatable bonds is 7. The molecule has 0 saturated heterocycles. The van der Waals surface area contributed by atoms with Crippen LogP contribution in [0, 0.1) is 23.3 Å². The van der Waals surface area contributed by atoms with E-state index in [9.17, 15) is 30.8 Å². The molecule has 1 aromatic carbocycles. The molecular formula is C12H10F4N4O4S. The fraction of sp³-hybridized carbons (Fsp3) is 0.250. The van der Waals surface area contributed by atoms with E-state index in [1.165, 1.54) is 6.92 Å². The standard InChI is InChI=1S/C12H10F4N4O4S/c1-5(2)25(22,23)18-3-4-24-12(21)6-7(13)9(15)11(19-20-17)10(16)8(6)14/h18H,1,3-4H2,2H3. The molecule has 0 radical (unpaired) electrons. The zero-order valence-corrected chi connectivity index (χ0v) is 13.3. The van der Waals surface area contributed by atoms with Crippen LogP contribution in [0.25, 0.3) is 10.4 Å². The second-order valence-electron chi connectivity index (χ2n) is 4.40. The minimum atomic E-state index is -3.85. The number of nitrogens with zero attached hydrogens (tertiary/aromatic N) is 3. The predicted molar refractivity (Wildman–Crippen MR) is 77.1 cm³/mol. The van der Waals surface area contributed by atoms with Gasteiger partial charge in [-0.1, -0.05) is 11.7 Å². The Balaban J connectivity index is 2.97. The van der Waals surface area contributed by atoms with E-state index in [-0.39, 0.29) is 4.91 Å². The predicted octanol–water partition coefficient (Wildman–Crippen LogP) is 2.79. The Morgan fingerprint density at radius 1 is 1.24 bits per heavy atom. The number of nitrogens with one attached hydrogen (secondary N) is 1. The van der Waals surface area contributed by atoms with Crippen LogP contribution in [-0.2, 0) is 14.8 Å². The van der Waals surface area contributed by atoms with Crippen LogP contribution in [0.15, 0.2) is 16.6 Å². The lowest BCUT2D eigenvalue weighted by atomic mass is 10.1. The number of carbonyl (C=O) groups excluding carboxylic acids is 1. The molecule has 0 saturated carbocycles. The fourth-order valence-electron chi connectivity index (χ4n) is 1.45. The van der Waals surface area contributed by atoms with Gasteiger partial charge in [-0.2, -0.15) is 0 Å². The van der Waals surface area contributed by atoms with Gasteiger partial charge < -0.3 is 4.74 Å². The first-order valence-electron chi connectivity index (χ1n) is 6.28. The van der Waals surface area contributed by atoms with Gasteiger partial charge >= 0.3 is 5.97 Å². The maximum absolute atomic E-state index is 13.7. The van der Waals surface area contributed by atoms with E-state index in [1.54, 1.807) is 0 Å². The minimum absolute atomic E-state index is 0.228. The summed E-state index contributed by atoms with van der Waals surface area (Å²) < 4.78 is 83.4. The van der Waals surface area contributed by atoms with E-state index in [1.807, 2.05) is 9.63 Å². The molecule has 1 aromatic rings. The van der Waals surface area contributed by atoms with Crippen molar-refractivity contribution in [3.8, 4) is 0 Å². The van der Waals surface area contributed by atoms with Crippen LogP contribution in [0.2, 0.25) is 0 Å². The third-order valence-corrected chi connectivity index (χ3v) is 4.18. The lowest BCUT2D eigenvalue weighted by molar-refractivity contribution is 0.0499. The molecule has 25 heavy (non-hydrogen) atoms. The molecule has 0 aromatic heterocycles. The summed E-state index contributed by atoms with van der Waals surface area (Å²) in [6.07, 6.45) is 0. The van der Waals surface area contributed by atoms with Crippen LogP contribution in [0.3, 0.4) is 0 Å². The van der Waals surface area contributed by atoms with Crippen molar-refractivity contribution < 1.29 is 35.5 Å². The molecule has 136 valence electrons. The molecule has 0 bridgehead atoms. The summed E-state index contributed by atoms with van der Waals surface area (Å²) in [5, 5.41) is 2.46.